The van der Waals surface area contributed by atoms with Crippen molar-refractivity contribution in [3.8, 4) is 0 Å². The Labute approximate surface area is 101 Å². The summed E-state index contributed by atoms with van der Waals surface area (Å²) in [4.78, 5) is 17.1. The van der Waals surface area contributed by atoms with Gasteiger partial charge in [-0.1, -0.05) is 0 Å². The van der Waals surface area contributed by atoms with E-state index in [-0.39, 0.29) is 24.3 Å². The lowest BCUT2D eigenvalue weighted by Crippen LogP contribution is -2.49. The molecule has 0 aliphatic carbocycles. The van der Waals surface area contributed by atoms with Gasteiger partial charge in [-0.3, -0.25) is 0 Å². The summed E-state index contributed by atoms with van der Waals surface area (Å²) in [7, 11) is 1.61. The highest BCUT2D eigenvalue weighted by Crippen LogP contribution is 2.27. The molecule has 2 rings (SSSR count). The van der Waals surface area contributed by atoms with Crippen molar-refractivity contribution in [2.24, 2.45) is 10.7 Å². The van der Waals surface area contributed by atoms with Crippen LogP contribution in [0.3, 0.4) is 0 Å². The van der Waals surface area contributed by atoms with E-state index in [4.69, 9.17) is 15.2 Å². The quantitative estimate of drug-likeness (QED) is 0.771. The zero-order valence-corrected chi connectivity index (χ0v) is 10.3. The second-order valence-corrected chi connectivity index (χ2v) is 4.51. The van der Waals surface area contributed by atoms with Crippen LogP contribution in [-0.4, -0.2) is 55.3 Å². The van der Waals surface area contributed by atoms with Crippen LogP contribution >= 0.6 is 0 Å². The Morgan fingerprint density at radius 2 is 2.35 bits per heavy atom. The summed E-state index contributed by atoms with van der Waals surface area (Å²) >= 11 is 0. The van der Waals surface area contributed by atoms with Crippen molar-refractivity contribution in [3.05, 3.63) is 0 Å². The molecule has 96 valence electrons. The van der Waals surface area contributed by atoms with Crippen molar-refractivity contribution in [1.82, 2.24) is 4.90 Å². The molecule has 1 saturated heterocycles. The number of carbonyl (C=O) groups excluding carboxylic acids is 1. The Morgan fingerprint density at radius 3 is 2.94 bits per heavy atom. The highest BCUT2D eigenvalue weighted by Gasteiger charge is 2.41. The van der Waals surface area contributed by atoms with E-state index < -0.39 is 0 Å². The van der Waals surface area contributed by atoms with Crippen molar-refractivity contribution in [2.75, 3.05) is 20.3 Å². The molecular formula is C11H19N3O3. The first-order valence-corrected chi connectivity index (χ1v) is 5.92. The van der Waals surface area contributed by atoms with Crippen molar-refractivity contribution >= 4 is 11.9 Å². The van der Waals surface area contributed by atoms with Crippen LogP contribution < -0.4 is 5.73 Å². The van der Waals surface area contributed by atoms with Crippen LogP contribution in [-0.2, 0) is 9.47 Å². The minimum absolute atomic E-state index is 0.0305. The van der Waals surface area contributed by atoms with Gasteiger partial charge in [0, 0.05) is 13.7 Å². The molecule has 3 atom stereocenters. The first-order chi connectivity index (χ1) is 8.13. The predicted molar refractivity (Wildman–Crippen MR) is 63.0 cm³/mol. The van der Waals surface area contributed by atoms with Gasteiger partial charge in [-0.25, -0.2) is 4.79 Å². The van der Waals surface area contributed by atoms with Crippen molar-refractivity contribution in [1.29, 1.82) is 0 Å². The molecule has 0 radical (unpaired) electrons. The average Bonchev–Trinajstić information content (AvgIpc) is 2.80. The fraction of sp³-hybridized carbons (Fsp3) is 0.818. The molecule has 6 nitrogen and oxygen atoms in total. The predicted octanol–water partition coefficient (Wildman–Crippen LogP) is 0.362. The van der Waals surface area contributed by atoms with Crippen LogP contribution in [0.4, 0.5) is 4.79 Å². The maximum atomic E-state index is 11.7. The SMILES string of the molecule is COCCN1C(=O)N=C(N)C1C1CCC(C)O1. The number of amides is 2. The maximum Gasteiger partial charge on any atom is 0.346 e. The molecule has 0 aromatic rings. The number of nitrogens with two attached hydrogens (primary N) is 1. The van der Waals surface area contributed by atoms with Crippen molar-refractivity contribution in [3.63, 3.8) is 0 Å². The molecule has 0 saturated carbocycles. The minimum atomic E-state index is -0.285. The molecule has 0 aromatic carbocycles. The molecule has 2 amide bonds. The molecular weight excluding hydrogens is 222 g/mol. The molecule has 2 aliphatic heterocycles. The highest BCUT2D eigenvalue weighted by atomic mass is 16.5. The van der Waals surface area contributed by atoms with Crippen molar-refractivity contribution in [2.45, 2.75) is 38.0 Å². The van der Waals surface area contributed by atoms with Gasteiger partial charge < -0.3 is 20.1 Å². The van der Waals surface area contributed by atoms with Gasteiger partial charge in [0.15, 0.2) is 0 Å². The third-order valence-corrected chi connectivity index (χ3v) is 3.26. The fourth-order valence-corrected chi connectivity index (χ4v) is 2.40. The summed E-state index contributed by atoms with van der Waals surface area (Å²) in [5, 5.41) is 0. The van der Waals surface area contributed by atoms with Crippen LogP contribution in [0.2, 0.25) is 0 Å². The molecule has 3 unspecified atom stereocenters. The number of ether oxygens (including phenoxy) is 2. The fourth-order valence-electron chi connectivity index (χ4n) is 2.40. The topological polar surface area (TPSA) is 77.2 Å². The number of carbonyl (C=O) groups is 1. The Kier molecular flexibility index (Phi) is 3.63. The molecule has 17 heavy (non-hydrogen) atoms. The van der Waals surface area contributed by atoms with Crippen LogP contribution in [0.1, 0.15) is 19.8 Å². The number of amidine groups is 1. The number of hydrogen-bond acceptors (Lipinski definition) is 4. The standard InChI is InChI=1S/C11H19N3O3/c1-7-3-4-8(17-7)9-10(12)13-11(15)14(9)5-6-16-2/h7-9H,3-6H2,1-2H3,(H2,12,13,15). The summed E-state index contributed by atoms with van der Waals surface area (Å²) in [5.74, 6) is 0.366. The van der Waals surface area contributed by atoms with E-state index in [9.17, 15) is 4.79 Å². The number of nitrogens with zero attached hydrogens (tertiary/aromatic N) is 2. The molecule has 1 fully saturated rings. The Balaban J connectivity index is 2.06. The Morgan fingerprint density at radius 1 is 1.59 bits per heavy atom. The summed E-state index contributed by atoms with van der Waals surface area (Å²) in [6.07, 6.45) is 2.12. The Hall–Kier alpha value is -1.14. The highest BCUT2D eigenvalue weighted by molar-refractivity contribution is 6.03. The van der Waals surface area contributed by atoms with Crippen molar-refractivity contribution < 1.29 is 14.3 Å². The van der Waals surface area contributed by atoms with Gasteiger partial charge >= 0.3 is 6.03 Å². The first-order valence-electron chi connectivity index (χ1n) is 5.92. The molecule has 0 aromatic heterocycles. The molecule has 6 heteroatoms. The lowest BCUT2D eigenvalue weighted by atomic mass is 10.1. The maximum absolute atomic E-state index is 11.7. The van der Waals surface area contributed by atoms with Gasteiger partial charge in [-0.2, -0.15) is 4.99 Å². The molecule has 0 spiro atoms. The van der Waals surface area contributed by atoms with E-state index in [1.807, 2.05) is 6.92 Å². The zero-order valence-electron chi connectivity index (χ0n) is 10.3. The third-order valence-electron chi connectivity index (χ3n) is 3.26. The van der Waals surface area contributed by atoms with E-state index >= 15 is 0 Å². The van der Waals surface area contributed by atoms with Gasteiger partial charge in [0.25, 0.3) is 0 Å². The van der Waals surface area contributed by atoms with E-state index in [2.05, 4.69) is 4.99 Å². The van der Waals surface area contributed by atoms with Gasteiger partial charge in [0.2, 0.25) is 0 Å². The largest absolute Gasteiger partial charge is 0.385 e. The van der Waals surface area contributed by atoms with Crippen LogP contribution in [0.25, 0.3) is 0 Å². The van der Waals surface area contributed by atoms with Gasteiger partial charge in [0.1, 0.15) is 11.9 Å². The summed E-state index contributed by atoms with van der Waals surface area (Å²) in [5.41, 5.74) is 5.82. The number of rotatable bonds is 4. The molecule has 2 aliphatic rings. The molecule has 2 N–H and O–H groups in total. The van der Waals surface area contributed by atoms with E-state index in [1.165, 1.54) is 0 Å². The number of methoxy groups -OCH3 is 1. The summed E-state index contributed by atoms with van der Waals surface area (Å²) in [6, 6.07) is -0.504. The zero-order chi connectivity index (χ0) is 12.4. The van der Waals surface area contributed by atoms with Crippen LogP contribution in [0, 0.1) is 0 Å². The summed E-state index contributed by atoms with van der Waals surface area (Å²) in [6.45, 7) is 3.01. The van der Waals surface area contributed by atoms with Gasteiger partial charge in [0.05, 0.1) is 18.8 Å². The second-order valence-electron chi connectivity index (χ2n) is 4.51. The first kappa shape index (κ1) is 12.3. The number of hydrogen-bond donors (Lipinski definition) is 1. The monoisotopic (exact) mass is 241 g/mol. The van der Waals surface area contributed by atoms with E-state index in [1.54, 1.807) is 12.0 Å². The number of aliphatic imine (C=N–C) groups is 1. The average molecular weight is 241 g/mol. The Bertz CT molecular complexity index is 332. The second kappa shape index (κ2) is 5.01. The van der Waals surface area contributed by atoms with E-state index in [0.29, 0.717) is 19.0 Å². The van der Waals surface area contributed by atoms with Gasteiger partial charge in [-0.15, -0.1) is 0 Å². The smallest absolute Gasteiger partial charge is 0.346 e. The van der Waals surface area contributed by atoms with E-state index in [0.717, 1.165) is 12.8 Å². The minimum Gasteiger partial charge on any atom is -0.385 e. The van der Waals surface area contributed by atoms with Gasteiger partial charge in [-0.05, 0) is 19.8 Å². The lowest BCUT2D eigenvalue weighted by molar-refractivity contribution is 0.0221. The third kappa shape index (κ3) is 2.42. The normalized spacial score (nSPS) is 33.3. The van der Waals surface area contributed by atoms with Crippen LogP contribution in [0.15, 0.2) is 4.99 Å². The summed E-state index contributed by atoms with van der Waals surface area (Å²) < 4.78 is 10.8. The molecule has 2 heterocycles. The van der Waals surface area contributed by atoms with Crippen LogP contribution in [0.5, 0.6) is 0 Å². The lowest BCUT2D eigenvalue weighted by Gasteiger charge is -2.28. The number of urea groups is 1. The molecule has 0 bridgehead atoms.